The molecule has 132 valence electrons. The fourth-order valence-electron chi connectivity index (χ4n) is 3.10. The van der Waals surface area contributed by atoms with E-state index in [0.29, 0.717) is 13.2 Å². The number of aromatic nitrogens is 2. The molecule has 1 amide bonds. The van der Waals surface area contributed by atoms with Crippen molar-refractivity contribution >= 4 is 11.6 Å². The van der Waals surface area contributed by atoms with Gasteiger partial charge in [0.25, 0.3) is 0 Å². The van der Waals surface area contributed by atoms with Crippen LogP contribution >= 0.6 is 0 Å². The van der Waals surface area contributed by atoms with Crippen LogP contribution in [0.25, 0.3) is 22.4 Å². The largest absolute Gasteiger partial charge is 0.486 e. The number of aryl methyl sites for hydroxylation is 1. The number of hydrogen-bond acceptors (Lipinski definition) is 4. The molecule has 0 saturated carbocycles. The van der Waals surface area contributed by atoms with Crippen LogP contribution in [0.5, 0.6) is 11.5 Å². The van der Waals surface area contributed by atoms with Gasteiger partial charge in [-0.05, 0) is 36.8 Å². The number of nitrogens with zero attached hydrogens (tertiary/aromatic N) is 1. The first-order valence-corrected chi connectivity index (χ1v) is 8.45. The Balaban J connectivity index is 1.73. The molecule has 2 heterocycles. The summed E-state index contributed by atoms with van der Waals surface area (Å²) < 4.78 is 11.3. The minimum absolute atomic E-state index is 0.0923. The fourth-order valence-corrected chi connectivity index (χ4v) is 3.10. The van der Waals surface area contributed by atoms with E-state index in [1.807, 2.05) is 49.4 Å². The summed E-state index contributed by atoms with van der Waals surface area (Å²) >= 11 is 0. The lowest BCUT2D eigenvalue weighted by Gasteiger charge is -2.19. The first kappa shape index (κ1) is 16.2. The van der Waals surface area contributed by atoms with E-state index >= 15 is 0 Å². The molecule has 0 spiro atoms. The number of rotatable bonds is 3. The highest BCUT2D eigenvalue weighted by Gasteiger charge is 2.18. The number of carbonyl (C=O) groups is 1. The van der Waals surface area contributed by atoms with E-state index in [-0.39, 0.29) is 5.91 Å². The van der Waals surface area contributed by atoms with Gasteiger partial charge in [0.15, 0.2) is 11.5 Å². The second-order valence-electron chi connectivity index (χ2n) is 6.19. The summed E-state index contributed by atoms with van der Waals surface area (Å²) in [6.07, 6.45) is 0. The van der Waals surface area contributed by atoms with E-state index in [9.17, 15) is 4.79 Å². The number of fused-ring (bicyclic) bond motifs is 1. The molecule has 0 radical (unpaired) electrons. The fraction of sp³-hybridized carbons (Fsp3) is 0.200. The third kappa shape index (κ3) is 3.01. The highest BCUT2D eigenvalue weighted by atomic mass is 16.6. The zero-order valence-corrected chi connectivity index (χ0v) is 14.6. The smallest absolute Gasteiger partial charge is 0.221 e. The van der Waals surface area contributed by atoms with E-state index in [4.69, 9.17) is 9.47 Å². The lowest BCUT2D eigenvalue weighted by atomic mass is 9.98. The molecule has 0 saturated heterocycles. The number of H-pyrrole nitrogens is 1. The van der Waals surface area contributed by atoms with Crippen molar-refractivity contribution in [3.05, 3.63) is 48.2 Å². The van der Waals surface area contributed by atoms with Crippen LogP contribution < -0.4 is 14.8 Å². The Labute approximate surface area is 151 Å². The minimum Gasteiger partial charge on any atom is -0.486 e. The van der Waals surface area contributed by atoms with Gasteiger partial charge in [0.2, 0.25) is 5.91 Å². The zero-order chi connectivity index (χ0) is 18.1. The second-order valence-corrected chi connectivity index (χ2v) is 6.19. The SMILES string of the molecule is CC(=O)Nc1ccc(-c2n[nH]c(C)c2-c2ccc3c(c2)OCCO3)cc1. The molecular weight excluding hydrogens is 330 g/mol. The van der Waals surface area contributed by atoms with Crippen molar-refractivity contribution in [1.29, 1.82) is 0 Å². The molecule has 1 aliphatic rings. The molecule has 3 aromatic rings. The van der Waals surface area contributed by atoms with E-state index in [2.05, 4.69) is 15.5 Å². The first-order valence-electron chi connectivity index (χ1n) is 8.45. The van der Waals surface area contributed by atoms with Crippen molar-refractivity contribution in [3.8, 4) is 33.9 Å². The Morgan fingerprint density at radius 2 is 1.73 bits per heavy atom. The van der Waals surface area contributed by atoms with Crippen molar-refractivity contribution in [2.45, 2.75) is 13.8 Å². The topological polar surface area (TPSA) is 76.2 Å². The Hall–Kier alpha value is -3.28. The summed E-state index contributed by atoms with van der Waals surface area (Å²) in [6, 6.07) is 13.6. The summed E-state index contributed by atoms with van der Waals surface area (Å²) in [4.78, 5) is 11.2. The molecular formula is C20H19N3O3. The van der Waals surface area contributed by atoms with Crippen LogP contribution in [0.1, 0.15) is 12.6 Å². The second kappa shape index (κ2) is 6.55. The number of ether oxygens (including phenoxy) is 2. The molecule has 6 nitrogen and oxygen atoms in total. The highest BCUT2D eigenvalue weighted by molar-refractivity contribution is 5.89. The summed E-state index contributed by atoms with van der Waals surface area (Å²) in [7, 11) is 0. The molecule has 2 N–H and O–H groups in total. The zero-order valence-electron chi connectivity index (χ0n) is 14.6. The Bertz CT molecular complexity index is 961. The van der Waals surface area contributed by atoms with Crippen LogP contribution in [-0.2, 0) is 4.79 Å². The van der Waals surface area contributed by atoms with E-state index in [1.165, 1.54) is 6.92 Å². The van der Waals surface area contributed by atoms with Gasteiger partial charge in [-0.15, -0.1) is 0 Å². The number of carbonyl (C=O) groups excluding carboxylic acids is 1. The van der Waals surface area contributed by atoms with Crippen LogP contribution in [0.4, 0.5) is 5.69 Å². The monoisotopic (exact) mass is 349 g/mol. The molecule has 1 aromatic heterocycles. The van der Waals surface area contributed by atoms with Crippen LogP contribution in [0.15, 0.2) is 42.5 Å². The number of anilines is 1. The van der Waals surface area contributed by atoms with Crippen LogP contribution in [0, 0.1) is 6.92 Å². The normalized spacial score (nSPS) is 12.7. The summed E-state index contributed by atoms with van der Waals surface area (Å²) in [5, 5.41) is 10.3. The molecule has 26 heavy (non-hydrogen) atoms. The lowest BCUT2D eigenvalue weighted by Crippen LogP contribution is -2.15. The van der Waals surface area contributed by atoms with Crippen molar-refractivity contribution in [3.63, 3.8) is 0 Å². The van der Waals surface area contributed by atoms with Gasteiger partial charge in [0.05, 0.1) is 0 Å². The standard InChI is InChI=1S/C20H19N3O3/c1-12-19(15-5-8-17-18(11-15)26-10-9-25-17)20(23-22-12)14-3-6-16(7-4-14)21-13(2)24/h3-8,11H,9-10H2,1-2H3,(H,21,24)(H,22,23). The van der Waals surface area contributed by atoms with Gasteiger partial charge >= 0.3 is 0 Å². The van der Waals surface area contributed by atoms with Gasteiger partial charge in [-0.2, -0.15) is 5.10 Å². The van der Waals surface area contributed by atoms with Gasteiger partial charge in [-0.25, -0.2) is 0 Å². The Kier molecular flexibility index (Phi) is 4.08. The Morgan fingerprint density at radius 1 is 1.04 bits per heavy atom. The predicted molar refractivity (Wildman–Crippen MR) is 99.5 cm³/mol. The lowest BCUT2D eigenvalue weighted by molar-refractivity contribution is -0.114. The molecule has 1 aliphatic heterocycles. The van der Waals surface area contributed by atoms with Crippen LogP contribution in [-0.4, -0.2) is 29.3 Å². The van der Waals surface area contributed by atoms with Gasteiger partial charge in [-0.1, -0.05) is 18.2 Å². The average molecular weight is 349 g/mol. The minimum atomic E-state index is -0.0923. The Morgan fingerprint density at radius 3 is 2.46 bits per heavy atom. The number of benzene rings is 2. The number of aromatic amines is 1. The van der Waals surface area contributed by atoms with Gasteiger partial charge in [0.1, 0.15) is 18.9 Å². The molecule has 0 unspecified atom stereocenters. The summed E-state index contributed by atoms with van der Waals surface area (Å²) in [6.45, 7) is 4.61. The number of hydrogen-bond donors (Lipinski definition) is 2. The molecule has 0 atom stereocenters. The summed E-state index contributed by atoms with van der Waals surface area (Å²) in [5.74, 6) is 1.42. The molecule has 0 fully saturated rings. The maximum absolute atomic E-state index is 11.2. The quantitative estimate of drug-likeness (QED) is 0.754. The van der Waals surface area contributed by atoms with E-state index in [1.54, 1.807) is 0 Å². The van der Waals surface area contributed by atoms with Gasteiger partial charge < -0.3 is 14.8 Å². The maximum atomic E-state index is 11.2. The third-order valence-corrected chi connectivity index (χ3v) is 4.26. The van der Waals surface area contributed by atoms with Crippen molar-refractivity contribution in [2.24, 2.45) is 0 Å². The average Bonchev–Trinajstić information content (AvgIpc) is 3.03. The molecule has 4 rings (SSSR count). The van der Waals surface area contributed by atoms with Crippen molar-refractivity contribution < 1.29 is 14.3 Å². The maximum Gasteiger partial charge on any atom is 0.221 e. The van der Waals surface area contributed by atoms with Crippen LogP contribution in [0.3, 0.4) is 0 Å². The molecule has 6 heteroatoms. The third-order valence-electron chi connectivity index (χ3n) is 4.26. The van der Waals surface area contributed by atoms with Gasteiger partial charge in [-0.3, -0.25) is 9.89 Å². The molecule has 2 aromatic carbocycles. The van der Waals surface area contributed by atoms with E-state index in [0.717, 1.165) is 45.3 Å². The highest BCUT2D eigenvalue weighted by Crippen LogP contribution is 2.39. The number of nitrogens with one attached hydrogen (secondary N) is 2. The van der Waals surface area contributed by atoms with Crippen molar-refractivity contribution in [1.82, 2.24) is 10.2 Å². The van der Waals surface area contributed by atoms with E-state index < -0.39 is 0 Å². The molecule has 0 aliphatic carbocycles. The number of amides is 1. The van der Waals surface area contributed by atoms with Crippen LogP contribution in [0.2, 0.25) is 0 Å². The molecule has 0 bridgehead atoms. The predicted octanol–water partition coefficient (Wildman–Crippen LogP) is 3.78. The first-order chi connectivity index (χ1) is 12.6. The van der Waals surface area contributed by atoms with Crippen molar-refractivity contribution in [2.75, 3.05) is 18.5 Å². The van der Waals surface area contributed by atoms with Gasteiger partial charge in [0, 0.05) is 29.4 Å². The summed E-state index contributed by atoms with van der Waals surface area (Å²) in [5.41, 5.74) is 5.59.